The summed E-state index contributed by atoms with van der Waals surface area (Å²) in [4.78, 5) is 44.8. The van der Waals surface area contributed by atoms with Crippen LogP contribution in [0.5, 0.6) is 0 Å². The van der Waals surface area contributed by atoms with Crippen LogP contribution in [-0.4, -0.2) is 59.2 Å². The van der Waals surface area contributed by atoms with Gasteiger partial charge in [0.05, 0.1) is 13.0 Å². The minimum Gasteiger partial charge on any atom is -0.467 e. The Balaban J connectivity index is 1.97. The molecule has 3 aromatic rings. The number of nitrogens with one attached hydrogen (secondary N) is 2. The molecule has 1 aromatic heterocycles. The van der Waals surface area contributed by atoms with E-state index in [-0.39, 0.29) is 19.0 Å². The van der Waals surface area contributed by atoms with E-state index in [0.29, 0.717) is 12.8 Å². The summed E-state index contributed by atoms with van der Waals surface area (Å²) in [6.45, 7) is 9.15. The lowest BCUT2D eigenvalue weighted by atomic mass is 9.96. The molecule has 8 heteroatoms. The first kappa shape index (κ1) is 29.7. The number of esters is 2. The van der Waals surface area contributed by atoms with Crippen LogP contribution in [0.3, 0.4) is 0 Å². The van der Waals surface area contributed by atoms with Gasteiger partial charge in [0.2, 0.25) is 0 Å². The number of nitrogens with zero attached hydrogens (tertiary/aromatic N) is 1. The minimum atomic E-state index is -0.949. The smallest absolute Gasteiger partial charge is 0.328 e. The van der Waals surface area contributed by atoms with Crippen molar-refractivity contribution in [1.82, 2.24) is 15.2 Å². The van der Waals surface area contributed by atoms with Gasteiger partial charge in [-0.25, -0.2) is 9.59 Å². The predicted molar refractivity (Wildman–Crippen MR) is 152 cm³/mol. The monoisotopic (exact) mass is 535 g/mol. The molecule has 0 spiro atoms. The number of amides is 2. The lowest BCUT2D eigenvalue weighted by Gasteiger charge is -2.34. The topological polar surface area (TPSA) is 101 Å². The number of rotatable bonds is 11. The molecule has 0 aliphatic heterocycles. The average Bonchev–Trinajstić information content (AvgIpc) is 3.29. The molecule has 0 saturated carbocycles. The minimum absolute atomic E-state index is 0.00240. The summed E-state index contributed by atoms with van der Waals surface area (Å²) in [5, 5.41) is 3.87. The number of aromatic nitrogens is 1. The molecule has 0 saturated heterocycles. The van der Waals surface area contributed by atoms with E-state index in [1.807, 2.05) is 95.4 Å². The highest BCUT2D eigenvalue weighted by Crippen LogP contribution is 2.24. The van der Waals surface area contributed by atoms with Gasteiger partial charge < -0.3 is 24.7 Å². The van der Waals surface area contributed by atoms with Crippen molar-refractivity contribution in [2.45, 2.75) is 71.6 Å². The van der Waals surface area contributed by atoms with E-state index in [2.05, 4.69) is 10.3 Å². The Bertz CT molecular complexity index is 1250. The van der Waals surface area contributed by atoms with Crippen LogP contribution in [0.1, 0.15) is 52.2 Å². The second-order valence-electron chi connectivity index (χ2n) is 11.1. The first-order chi connectivity index (χ1) is 18.5. The summed E-state index contributed by atoms with van der Waals surface area (Å²) in [6.07, 6.45) is 3.14. The van der Waals surface area contributed by atoms with Gasteiger partial charge in [-0.3, -0.25) is 4.79 Å². The Labute approximate surface area is 231 Å². The first-order valence-electron chi connectivity index (χ1n) is 13.4. The molecule has 0 aliphatic rings. The van der Waals surface area contributed by atoms with Crippen molar-refractivity contribution in [3.63, 3.8) is 0 Å². The third-order valence-corrected chi connectivity index (χ3v) is 6.39. The third kappa shape index (κ3) is 8.60. The Morgan fingerprint density at radius 1 is 0.974 bits per heavy atom. The van der Waals surface area contributed by atoms with Crippen molar-refractivity contribution in [1.29, 1.82) is 0 Å². The van der Waals surface area contributed by atoms with Gasteiger partial charge in [-0.1, -0.05) is 48.5 Å². The molecule has 39 heavy (non-hydrogen) atoms. The summed E-state index contributed by atoms with van der Waals surface area (Å²) in [5.41, 5.74) is 2.19. The third-order valence-electron chi connectivity index (χ3n) is 6.39. The highest BCUT2D eigenvalue weighted by Gasteiger charge is 2.36. The molecule has 2 aromatic carbocycles. The molecule has 2 amide bonds. The molecular formula is C31H41N3O5. The number of benzene rings is 2. The van der Waals surface area contributed by atoms with Crippen molar-refractivity contribution in [3.8, 4) is 0 Å². The Morgan fingerprint density at radius 2 is 1.64 bits per heavy atom. The van der Waals surface area contributed by atoms with Crippen LogP contribution in [0.15, 0.2) is 60.8 Å². The van der Waals surface area contributed by atoms with Gasteiger partial charge in [0.25, 0.3) is 0 Å². The molecule has 2 atom stereocenters. The summed E-state index contributed by atoms with van der Waals surface area (Å²) in [5.74, 6) is -1.61. The van der Waals surface area contributed by atoms with Crippen molar-refractivity contribution >= 4 is 28.9 Å². The highest BCUT2D eigenvalue weighted by atomic mass is 16.6. The normalized spacial score (nSPS) is 13.1. The number of fused-ring (bicyclic) bond motifs is 1. The molecule has 0 radical (unpaired) electrons. The molecule has 0 aliphatic carbocycles. The zero-order valence-corrected chi connectivity index (χ0v) is 23.8. The fourth-order valence-corrected chi connectivity index (χ4v) is 4.54. The number of para-hydroxylation sites is 1. The number of carbonyl (C=O) groups is 3. The van der Waals surface area contributed by atoms with E-state index in [9.17, 15) is 14.4 Å². The Kier molecular flexibility index (Phi) is 10.2. The van der Waals surface area contributed by atoms with E-state index < -0.39 is 35.5 Å². The second-order valence-corrected chi connectivity index (χ2v) is 11.1. The van der Waals surface area contributed by atoms with Crippen molar-refractivity contribution in [3.05, 3.63) is 71.9 Å². The van der Waals surface area contributed by atoms with Gasteiger partial charge >= 0.3 is 18.0 Å². The van der Waals surface area contributed by atoms with Gasteiger partial charge in [0, 0.05) is 36.1 Å². The maximum Gasteiger partial charge on any atom is 0.328 e. The number of urea groups is 1. The Morgan fingerprint density at radius 3 is 2.28 bits per heavy atom. The lowest BCUT2D eigenvalue weighted by Crippen LogP contribution is -2.54. The molecule has 3 rings (SSSR count). The van der Waals surface area contributed by atoms with E-state index >= 15 is 0 Å². The first-order valence-corrected chi connectivity index (χ1v) is 13.4. The van der Waals surface area contributed by atoms with Crippen molar-refractivity contribution in [2.24, 2.45) is 5.92 Å². The van der Waals surface area contributed by atoms with Crippen LogP contribution < -0.4 is 5.32 Å². The van der Waals surface area contributed by atoms with Crippen LogP contribution in [-0.2, 0) is 31.9 Å². The molecule has 2 N–H and O–H groups in total. The van der Waals surface area contributed by atoms with Crippen LogP contribution in [0, 0.1) is 5.92 Å². The number of aromatic amines is 1. The van der Waals surface area contributed by atoms with Gasteiger partial charge in [-0.15, -0.1) is 0 Å². The zero-order valence-electron chi connectivity index (χ0n) is 23.8. The summed E-state index contributed by atoms with van der Waals surface area (Å²) < 4.78 is 10.9. The molecule has 0 bridgehead atoms. The van der Waals surface area contributed by atoms with E-state index in [1.54, 1.807) is 0 Å². The van der Waals surface area contributed by atoms with Gasteiger partial charge in [-0.05, 0) is 64.7 Å². The van der Waals surface area contributed by atoms with E-state index in [4.69, 9.17) is 9.47 Å². The molecule has 1 heterocycles. The SMILES string of the molecule is COC(=O)[C@H](Cc1c[nH]c2ccccc12)N(CC(CCc1ccccc1)C(=O)OC(C)(C)C)C(=O)NC(C)C. The number of H-pyrrole nitrogens is 1. The number of methoxy groups -OCH3 is 1. The molecule has 0 fully saturated rings. The van der Waals surface area contributed by atoms with Crippen LogP contribution in [0.4, 0.5) is 4.79 Å². The maximum absolute atomic E-state index is 13.6. The Hall–Kier alpha value is -3.81. The zero-order chi connectivity index (χ0) is 28.6. The lowest BCUT2D eigenvalue weighted by molar-refractivity contribution is -0.161. The van der Waals surface area contributed by atoms with Gasteiger partial charge in [-0.2, -0.15) is 0 Å². The quantitative estimate of drug-likeness (QED) is 0.326. The number of carbonyl (C=O) groups excluding carboxylic acids is 3. The summed E-state index contributed by atoms with van der Waals surface area (Å²) in [6, 6.07) is 16.1. The average molecular weight is 536 g/mol. The van der Waals surface area contributed by atoms with Crippen LogP contribution in [0.2, 0.25) is 0 Å². The molecular weight excluding hydrogens is 494 g/mol. The molecule has 210 valence electrons. The molecule has 8 nitrogen and oxygen atoms in total. The van der Waals surface area contributed by atoms with Gasteiger partial charge in [0.1, 0.15) is 11.6 Å². The van der Waals surface area contributed by atoms with Crippen LogP contribution in [0.25, 0.3) is 10.9 Å². The van der Waals surface area contributed by atoms with Crippen molar-refractivity contribution in [2.75, 3.05) is 13.7 Å². The summed E-state index contributed by atoms with van der Waals surface area (Å²) >= 11 is 0. The largest absolute Gasteiger partial charge is 0.467 e. The standard InChI is InChI=1S/C31H41N3O5/c1-21(2)33-30(37)34(27(29(36)38-6)18-24-19-32-26-15-11-10-14-25(24)26)20-23(28(35)39-31(3,4)5)17-16-22-12-8-7-9-13-22/h7-15,19,21,23,27,32H,16-18,20H2,1-6H3,(H,33,37)/t23?,27-/m0/s1. The predicted octanol–water partition coefficient (Wildman–Crippen LogP) is 5.26. The van der Waals surface area contributed by atoms with Crippen molar-refractivity contribution < 1.29 is 23.9 Å². The number of aryl methyl sites for hydroxylation is 1. The summed E-state index contributed by atoms with van der Waals surface area (Å²) in [7, 11) is 1.31. The van der Waals surface area contributed by atoms with Crippen LogP contribution >= 0.6 is 0 Å². The number of ether oxygens (including phenoxy) is 2. The van der Waals surface area contributed by atoms with Gasteiger partial charge in [0.15, 0.2) is 0 Å². The maximum atomic E-state index is 13.6. The fourth-order valence-electron chi connectivity index (χ4n) is 4.54. The fraction of sp³-hybridized carbons (Fsp3) is 0.452. The van der Waals surface area contributed by atoms with E-state index in [0.717, 1.165) is 22.0 Å². The number of hydrogen-bond acceptors (Lipinski definition) is 5. The highest BCUT2D eigenvalue weighted by molar-refractivity contribution is 5.87. The number of hydrogen-bond donors (Lipinski definition) is 2. The second kappa shape index (κ2) is 13.3. The molecule has 1 unspecified atom stereocenters. The van der Waals surface area contributed by atoms with E-state index in [1.165, 1.54) is 12.0 Å².